The van der Waals surface area contributed by atoms with Gasteiger partial charge in [0, 0.05) is 38.0 Å². The molecule has 2 aromatic rings. The van der Waals surface area contributed by atoms with E-state index in [-0.39, 0.29) is 11.8 Å². The molecule has 0 spiro atoms. The van der Waals surface area contributed by atoms with E-state index in [1.165, 1.54) is 25.6 Å². The molecule has 25 heavy (non-hydrogen) atoms. The van der Waals surface area contributed by atoms with Gasteiger partial charge in [0.1, 0.15) is 12.0 Å². The number of aromatic nitrogens is 4. The van der Waals surface area contributed by atoms with E-state index in [1.54, 1.807) is 12.3 Å². The van der Waals surface area contributed by atoms with Gasteiger partial charge in [0.15, 0.2) is 0 Å². The largest absolute Gasteiger partial charge is 0.381 e. The molecule has 0 N–H and O–H groups in total. The van der Waals surface area contributed by atoms with Gasteiger partial charge in [-0.15, -0.1) is 0 Å². The number of hydrogen-bond acceptors (Lipinski definition) is 5. The maximum absolute atomic E-state index is 12.8. The van der Waals surface area contributed by atoms with Crippen molar-refractivity contribution in [2.45, 2.75) is 32.4 Å². The molecule has 1 aliphatic carbocycles. The van der Waals surface area contributed by atoms with Gasteiger partial charge in [-0.25, -0.2) is 15.0 Å². The molecule has 7 nitrogen and oxygen atoms in total. The third kappa shape index (κ3) is 3.71. The van der Waals surface area contributed by atoms with E-state index < -0.39 is 0 Å². The van der Waals surface area contributed by atoms with Crippen molar-refractivity contribution >= 4 is 5.91 Å². The zero-order valence-electron chi connectivity index (χ0n) is 14.3. The third-order valence-electron chi connectivity index (χ3n) is 5.11. The smallest absolute Gasteiger partial charge is 0.272 e. The van der Waals surface area contributed by atoms with Crippen molar-refractivity contribution in [1.29, 1.82) is 0 Å². The Hall–Kier alpha value is -2.28. The molecule has 0 saturated heterocycles. The van der Waals surface area contributed by atoms with Gasteiger partial charge in [0.05, 0.1) is 25.2 Å². The number of amides is 1. The van der Waals surface area contributed by atoms with Gasteiger partial charge < -0.3 is 14.2 Å². The molecule has 1 fully saturated rings. The molecular formula is C18H23N5O2. The molecule has 4 rings (SSSR count). The molecule has 2 aliphatic rings. The molecule has 0 radical (unpaired) electrons. The molecule has 132 valence electrons. The molecule has 0 bridgehead atoms. The minimum absolute atomic E-state index is 0.0685. The van der Waals surface area contributed by atoms with Crippen LogP contribution in [0.1, 0.15) is 35.4 Å². The van der Waals surface area contributed by atoms with Gasteiger partial charge in [0.2, 0.25) is 0 Å². The Labute approximate surface area is 147 Å². The normalized spacial score (nSPS) is 20.6. The van der Waals surface area contributed by atoms with Crippen LogP contribution in [0.4, 0.5) is 0 Å². The zero-order valence-corrected chi connectivity index (χ0v) is 14.3. The number of nitrogens with zero attached hydrogens (tertiary/aromatic N) is 5. The van der Waals surface area contributed by atoms with Crippen LogP contribution in [0.3, 0.4) is 0 Å². The van der Waals surface area contributed by atoms with E-state index in [0.717, 1.165) is 24.8 Å². The van der Waals surface area contributed by atoms with Crippen molar-refractivity contribution in [1.82, 2.24) is 24.4 Å². The maximum atomic E-state index is 12.8. The Morgan fingerprint density at radius 2 is 2.08 bits per heavy atom. The summed E-state index contributed by atoms with van der Waals surface area (Å²) in [5.41, 5.74) is 1.47. The maximum Gasteiger partial charge on any atom is 0.272 e. The molecule has 2 aromatic heterocycles. The summed E-state index contributed by atoms with van der Waals surface area (Å²) >= 11 is 0. The van der Waals surface area contributed by atoms with Crippen LogP contribution in [0.5, 0.6) is 0 Å². The molecular weight excluding hydrogens is 318 g/mol. The Morgan fingerprint density at radius 3 is 2.84 bits per heavy atom. The quantitative estimate of drug-likeness (QED) is 0.828. The highest BCUT2D eigenvalue weighted by atomic mass is 16.5. The lowest BCUT2D eigenvalue weighted by atomic mass is 9.86. The Kier molecular flexibility index (Phi) is 4.74. The number of hydrogen-bond donors (Lipinski definition) is 0. The van der Waals surface area contributed by atoms with Crippen LogP contribution >= 0.6 is 0 Å². The molecule has 0 aromatic carbocycles. The fourth-order valence-corrected chi connectivity index (χ4v) is 3.45. The van der Waals surface area contributed by atoms with Gasteiger partial charge in [-0.2, -0.15) is 0 Å². The average Bonchev–Trinajstić information content (AvgIpc) is 2.95. The second-order valence-electron chi connectivity index (χ2n) is 7.02. The summed E-state index contributed by atoms with van der Waals surface area (Å²) in [4.78, 5) is 26.9. The molecule has 1 saturated carbocycles. The zero-order chi connectivity index (χ0) is 17.1. The first kappa shape index (κ1) is 16.2. The minimum atomic E-state index is -0.0685. The Bertz CT molecular complexity index is 713. The topological polar surface area (TPSA) is 73.1 Å². The van der Waals surface area contributed by atoms with Crippen LogP contribution in [-0.4, -0.2) is 50.1 Å². The van der Waals surface area contributed by atoms with Gasteiger partial charge >= 0.3 is 0 Å². The summed E-state index contributed by atoms with van der Waals surface area (Å²) < 4.78 is 8.09. The third-order valence-corrected chi connectivity index (χ3v) is 5.11. The fraction of sp³-hybridized carbons (Fsp3) is 0.556. The average molecular weight is 341 g/mol. The number of rotatable bonds is 5. The second-order valence-corrected chi connectivity index (χ2v) is 7.02. The van der Waals surface area contributed by atoms with Crippen LogP contribution in [0.2, 0.25) is 0 Å². The highest BCUT2D eigenvalue weighted by molar-refractivity contribution is 5.92. The predicted octanol–water partition coefficient (Wildman–Crippen LogP) is 1.76. The van der Waals surface area contributed by atoms with Crippen molar-refractivity contribution in [2.75, 3.05) is 19.8 Å². The molecule has 0 unspecified atom stereocenters. The van der Waals surface area contributed by atoms with Crippen LogP contribution in [0.25, 0.3) is 0 Å². The summed E-state index contributed by atoms with van der Waals surface area (Å²) in [5, 5.41) is 0. The van der Waals surface area contributed by atoms with E-state index in [2.05, 4.69) is 19.5 Å². The predicted molar refractivity (Wildman–Crippen MR) is 90.6 cm³/mol. The van der Waals surface area contributed by atoms with Crippen molar-refractivity contribution in [2.24, 2.45) is 11.8 Å². The molecule has 1 amide bonds. The summed E-state index contributed by atoms with van der Waals surface area (Å²) in [6.45, 7) is 3.54. The molecule has 1 aliphatic heterocycles. The SMILES string of the molecule is O=C(c1ccncn1)N1Cc2cncn2C[C@H](COCC2CCC2)C1. The van der Waals surface area contributed by atoms with Crippen LogP contribution in [0.15, 0.2) is 31.1 Å². The second kappa shape index (κ2) is 7.31. The van der Waals surface area contributed by atoms with Crippen molar-refractivity contribution < 1.29 is 9.53 Å². The molecule has 1 atom stereocenters. The van der Waals surface area contributed by atoms with Gasteiger partial charge in [-0.05, 0) is 24.8 Å². The van der Waals surface area contributed by atoms with E-state index in [0.29, 0.717) is 25.4 Å². The van der Waals surface area contributed by atoms with Gasteiger partial charge in [0.25, 0.3) is 5.91 Å². The summed E-state index contributed by atoms with van der Waals surface area (Å²) in [6.07, 6.45) is 10.6. The van der Waals surface area contributed by atoms with Crippen molar-refractivity contribution in [3.05, 3.63) is 42.5 Å². The standard InChI is InChI=1S/C18H23N5O2/c24-18(17-4-5-19-12-21-17)22-7-15(11-25-10-14-2-1-3-14)8-23-13-20-6-16(23)9-22/h4-6,12-15H,1-3,7-11H2/t15-/m1/s1. The van der Waals surface area contributed by atoms with E-state index in [1.807, 2.05) is 17.4 Å². The molecule has 3 heterocycles. The first-order chi connectivity index (χ1) is 12.3. The lowest BCUT2D eigenvalue weighted by Gasteiger charge is -2.27. The van der Waals surface area contributed by atoms with Crippen LogP contribution in [0, 0.1) is 11.8 Å². The van der Waals surface area contributed by atoms with Gasteiger partial charge in [-0.1, -0.05) is 6.42 Å². The number of fused-ring (bicyclic) bond motifs is 1. The summed E-state index contributed by atoms with van der Waals surface area (Å²) in [6, 6.07) is 1.66. The van der Waals surface area contributed by atoms with E-state index in [4.69, 9.17) is 4.74 Å². The number of carbonyl (C=O) groups excluding carboxylic acids is 1. The van der Waals surface area contributed by atoms with Crippen LogP contribution < -0.4 is 0 Å². The number of imidazole rings is 1. The monoisotopic (exact) mass is 341 g/mol. The van der Waals surface area contributed by atoms with Crippen molar-refractivity contribution in [3.63, 3.8) is 0 Å². The number of ether oxygens (including phenoxy) is 1. The Balaban J connectivity index is 1.45. The lowest BCUT2D eigenvalue weighted by Crippen LogP contribution is -2.36. The lowest BCUT2D eigenvalue weighted by molar-refractivity contribution is 0.0345. The Morgan fingerprint density at radius 1 is 1.20 bits per heavy atom. The highest BCUT2D eigenvalue weighted by Gasteiger charge is 2.27. The summed E-state index contributed by atoms with van der Waals surface area (Å²) in [5.74, 6) is 0.913. The minimum Gasteiger partial charge on any atom is -0.381 e. The van der Waals surface area contributed by atoms with Crippen molar-refractivity contribution in [3.8, 4) is 0 Å². The number of carbonyl (C=O) groups is 1. The summed E-state index contributed by atoms with van der Waals surface area (Å²) in [7, 11) is 0. The van der Waals surface area contributed by atoms with Gasteiger partial charge in [-0.3, -0.25) is 4.79 Å². The van der Waals surface area contributed by atoms with E-state index in [9.17, 15) is 4.79 Å². The van der Waals surface area contributed by atoms with E-state index >= 15 is 0 Å². The highest BCUT2D eigenvalue weighted by Crippen LogP contribution is 2.26. The first-order valence-electron chi connectivity index (χ1n) is 8.91. The van der Waals surface area contributed by atoms with Crippen LogP contribution in [-0.2, 0) is 17.8 Å². The molecule has 7 heteroatoms. The first-order valence-corrected chi connectivity index (χ1v) is 8.91. The fourth-order valence-electron chi connectivity index (χ4n) is 3.45.